The van der Waals surface area contributed by atoms with Crippen LogP contribution in [0.3, 0.4) is 0 Å². The molecular formula is C17H25NO2S. The molecule has 2 rings (SSSR count). The van der Waals surface area contributed by atoms with Crippen molar-refractivity contribution in [3.63, 3.8) is 0 Å². The number of hydrogen-bond donors (Lipinski definition) is 1. The molecule has 0 heterocycles. The van der Waals surface area contributed by atoms with Crippen LogP contribution in [-0.4, -0.2) is 29.9 Å². The van der Waals surface area contributed by atoms with Gasteiger partial charge in [0.1, 0.15) is 0 Å². The highest BCUT2D eigenvalue weighted by Crippen LogP contribution is 2.35. The summed E-state index contributed by atoms with van der Waals surface area (Å²) in [5, 5.41) is 9.66. The van der Waals surface area contributed by atoms with E-state index < -0.39 is 5.97 Å². The minimum absolute atomic E-state index is 0.470. The number of carboxylic acids is 1. The fourth-order valence-corrected chi connectivity index (χ4v) is 3.81. The van der Waals surface area contributed by atoms with Crippen molar-refractivity contribution >= 4 is 23.4 Å². The molecular weight excluding hydrogens is 282 g/mol. The van der Waals surface area contributed by atoms with Gasteiger partial charge in [0.15, 0.2) is 0 Å². The van der Waals surface area contributed by atoms with Crippen molar-refractivity contribution in [2.24, 2.45) is 5.92 Å². The van der Waals surface area contributed by atoms with Crippen LogP contribution in [0.2, 0.25) is 0 Å². The summed E-state index contributed by atoms with van der Waals surface area (Å²) in [6.07, 6.45) is 6.80. The first-order valence-electron chi connectivity index (χ1n) is 7.71. The molecule has 3 nitrogen and oxygen atoms in total. The summed E-state index contributed by atoms with van der Waals surface area (Å²) in [5.74, 6) is -0.299. The van der Waals surface area contributed by atoms with Gasteiger partial charge in [-0.3, -0.25) is 0 Å². The highest BCUT2D eigenvalue weighted by Gasteiger charge is 2.27. The summed E-state index contributed by atoms with van der Waals surface area (Å²) < 4.78 is 0. The lowest BCUT2D eigenvalue weighted by Gasteiger charge is -2.34. The molecule has 0 aromatic heterocycles. The first kappa shape index (κ1) is 16.2. The molecule has 1 fully saturated rings. The van der Waals surface area contributed by atoms with Gasteiger partial charge < -0.3 is 10.0 Å². The van der Waals surface area contributed by atoms with E-state index >= 15 is 0 Å². The van der Waals surface area contributed by atoms with Crippen LogP contribution in [0.5, 0.6) is 0 Å². The quantitative estimate of drug-likeness (QED) is 0.785. The number of nitrogens with zero attached hydrogens (tertiary/aromatic N) is 1. The molecule has 0 aliphatic heterocycles. The van der Waals surface area contributed by atoms with Crippen molar-refractivity contribution in [2.45, 2.75) is 50.5 Å². The SMILES string of the molecule is CSc1cccc(N(CC(C)C)C2CCCC2)c1C(=O)O. The van der Waals surface area contributed by atoms with Gasteiger partial charge in [0.05, 0.1) is 11.3 Å². The van der Waals surface area contributed by atoms with Crippen LogP contribution in [-0.2, 0) is 0 Å². The van der Waals surface area contributed by atoms with E-state index in [1.165, 1.54) is 37.4 Å². The van der Waals surface area contributed by atoms with Crippen LogP contribution < -0.4 is 4.90 Å². The van der Waals surface area contributed by atoms with E-state index in [0.29, 0.717) is 17.5 Å². The van der Waals surface area contributed by atoms with Gasteiger partial charge in [-0.05, 0) is 37.1 Å². The Balaban J connectivity index is 2.45. The lowest BCUT2D eigenvalue weighted by molar-refractivity contribution is 0.0693. The summed E-state index contributed by atoms with van der Waals surface area (Å²) in [6, 6.07) is 6.35. The maximum atomic E-state index is 11.8. The van der Waals surface area contributed by atoms with Crippen LogP contribution in [0.15, 0.2) is 23.1 Å². The van der Waals surface area contributed by atoms with E-state index in [0.717, 1.165) is 17.1 Å². The lowest BCUT2D eigenvalue weighted by Crippen LogP contribution is -2.37. The van der Waals surface area contributed by atoms with E-state index in [4.69, 9.17) is 0 Å². The van der Waals surface area contributed by atoms with Crippen LogP contribution >= 0.6 is 11.8 Å². The van der Waals surface area contributed by atoms with E-state index in [1.54, 1.807) is 0 Å². The Morgan fingerprint density at radius 2 is 2.05 bits per heavy atom. The fraction of sp³-hybridized carbons (Fsp3) is 0.588. The van der Waals surface area contributed by atoms with Gasteiger partial charge in [-0.15, -0.1) is 11.8 Å². The van der Waals surface area contributed by atoms with Crippen molar-refractivity contribution < 1.29 is 9.90 Å². The molecule has 0 atom stereocenters. The predicted molar refractivity (Wildman–Crippen MR) is 89.6 cm³/mol. The zero-order valence-electron chi connectivity index (χ0n) is 13.1. The Hall–Kier alpha value is -1.16. The molecule has 1 aromatic carbocycles. The predicted octanol–water partition coefficient (Wildman–Crippen LogP) is 4.51. The molecule has 21 heavy (non-hydrogen) atoms. The molecule has 0 saturated heterocycles. The number of benzene rings is 1. The average molecular weight is 307 g/mol. The molecule has 0 unspecified atom stereocenters. The minimum atomic E-state index is -0.818. The number of rotatable bonds is 6. The van der Waals surface area contributed by atoms with Crippen LogP contribution in [0.4, 0.5) is 5.69 Å². The Morgan fingerprint density at radius 1 is 1.38 bits per heavy atom. The zero-order chi connectivity index (χ0) is 15.4. The largest absolute Gasteiger partial charge is 0.478 e. The Labute approximate surface area is 131 Å². The third kappa shape index (κ3) is 3.73. The first-order valence-corrected chi connectivity index (χ1v) is 8.94. The molecule has 116 valence electrons. The van der Waals surface area contributed by atoms with Crippen molar-refractivity contribution in [3.05, 3.63) is 23.8 Å². The number of carboxylic acid groups (broad SMARTS) is 1. The summed E-state index contributed by atoms with van der Waals surface area (Å²) in [4.78, 5) is 15.0. The molecule has 1 saturated carbocycles. The molecule has 0 spiro atoms. The number of hydrogen-bond acceptors (Lipinski definition) is 3. The summed E-state index contributed by atoms with van der Waals surface area (Å²) in [5.41, 5.74) is 1.37. The second kappa shape index (κ2) is 7.21. The molecule has 4 heteroatoms. The van der Waals surface area contributed by atoms with Gasteiger partial charge in [0.25, 0.3) is 0 Å². The first-order chi connectivity index (χ1) is 10.0. The Morgan fingerprint density at radius 3 is 2.57 bits per heavy atom. The van der Waals surface area contributed by atoms with Crippen LogP contribution in [0, 0.1) is 5.92 Å². The molecule has 0 radical (unpaired) electrons. The van der Waals surface area contributed by atoms with Crippen LogP contribution in [0.25, 0.3) is 0 Å². The Bertz CT molecular complexity index is 496. The lowest BCUT2D eigenvalue weighted by atomic mass is 10.1. The Kier molecular flexibility index (Phi) is 5.57. The maximum Gasteiger partial charge on any atom is 0.338 e. The van der Waals surface area contributed by atoms with Gasteiger partial charge in [-0.1, -0.05) is 32.8 Å². The van der Waals surface area contributed by atoms with Crippen molar-refractivity contribution in [3.8, 4) is 0 Å². The van der Waals surface area contributed by atoms with Gasteiger partial charge in [0, 0.05) is 17.5 Å². The third-order valence-corrected chi connectivity index (χ3v) is 4.85. The third-order valence-electron chi connectivity index (χ3n) is 4.07. The molecule has 1 aliphatic rings. The minimum Gasteiger partial charge on any atom is -0.478 e. The summed E-state index contributed by atoms with van der Waals surface area (Å²) >= 11 is 1.51. The van der Waals surface area contributed by atoms with E-state index in [9.17, 15) is 9.90 Å². The van der Waals surface area contributed by atoms with Crippen molar-refractivity contribution in [2.75, 3.05) is 17.7 Å². The second-order valence-electron chi connectivity index (χ2n) is 6.14. The average Bonchev–Trinajstić information content (AvgIpc) is 2.97. The smallest absolute Gasteiger partial charge is 0.338 e. The molecule has 0 bridgehead atoms. The standard InChI is InChI=1S/C17H25NO2S/c1-12(2)11-18(13-7-4-5-8-13)14-9-6-10-15(21-3)16(14)17(19)20/h6,9-10,12-13H,4-5,7-8,11H2,1-3H3,(H,19,20). The van der Waals surface area contributed by atoms with Gasteiger partial charge in [0.2, 0.25) is 0 Å². The number of anilines is 1. The van der Waals surface area contributed by atoms with E-state index in [1.807, 2.05) is 24.5 Å². The summed E-state index contributed by atoms with van der Waals surface area (Å²) in [7, 11) is 0. The molecule has 1 N–H and O–H groups in total. The molecule has 0 amide bonds. The van der Waals surface area contributed by atoms with Crippen molar-refractivity contribution in [1.82, 2.24) is 0 Å². The number of thioether (sulfide) groups is 1. The van der Waals surface area contributed by atoms with Gasteiger partial charge >= 0.3 is 5.97 Å². The highest BCUT2D eigenvalue weighted by atomic mass is 32.2. The van der Waals surface area contributed by atoms with E-state index in [2.05, 4.69) is 18.7 Å². The molecule has 1 aliphatic carbocycles. The van der Waals surface area contributed by atoms with Crippen molar-refractivity contribution in [1.29, 1.82) is 0 Å². The topological polar surface area (TPSA) is 40.5 Å². The van der Waals surface area contributed by atoms with Gasteiger partial charge in [-0.25, -0.2) is 4.79 Å². The summed E-state index contributed by atoms with van der Waals surface area (Å²) in [6.45, 7) is 5.31. The van der Waals surface area contributed by atoms with Crippen LogP contribution in [0.1, 0.15) is 49.9 Å². The highest BCUT2D eigenvalue weighted by molar-refractivity contribution is 7.98. The zero-order valence-corrected chi connectivity index (χ0v) is 13.9. The molecule has 1 aromatic rings. The second-order valence-corrected chi connectivity index (χ2v) is 6.99. The normalized spacial score (nSPS) is 15.6. The maximum absolute atomic E-state index is 11.8. The fourth-order valence-electron chi connectivity index (χ4n) is 3.20. The van der Waals surface area contributed by atoms with E-state index in [-0.39, 0.29) is 0 Å². The number of aromatic carboxylic acids is 1. The van der Waals surface area contributed by atoms with Gasteiger partial charge in [-0.2, -0.15) is 0 Å². The monoisotopic (exact) mass is 307 g/mol. The number of carbonyl (C=O) groups is 1.